The first-order valence-corrected chi connectivity index (χ1v) is 7.63. The van der Waals surface area contributed by atoms with Gasteiger partial charge >= 0.3 is 11.8 Å². The number of hydrogen-bond acceptors (Lipinski definition) is 3. The molecule has 0 aliphatic carbocycles. The minimum absolute atomic E-state index is 0.112. The van der Waals surface area contributed by atoms with Gasteiger partial charge in [0.2, 0.25) is 0 Å². The zero-order valence-electron chi connectivity index (χ0n) is 12.3. The van der Waals surface area contributed by atoms with E-state index in [1.54, 1.807) is 0 Å². The van der Waals surface area contributed by atoms with E-state index in [9.17, 15) is 14.7 Å². The molecule has 2 aromatic carbocycles. The number of amides is 2. The maximum Gasteiger partial charge on any atom is 0.316 e. The molecule has 1 aliphatic heterocycles. The summed E-state index contributed by atoms with van der Waals surface area (Å²) in [5, 5.41) is 12.5. The molecule has 2 aromatic rings. The molecule has 0 fully saturated rings. The van der Waals surface area contributed by atoms with Gasteiger partial charge in [-0.3, -0.25) is 9.59 Å². The number of aromatic hydroxyl groups is 1. The topological polar surface area (TPSA) is 69.6 Å². The number of benzene rings is 2. The van der Waals surface area contributed by atoms with Crippen LogP contribution in [-0.4, -0.2) is 23.5 Å². The summed E-state index contributed by atoms with van der Waals surface area (Å²) >= 11 is 5.84. The van der Waals surface area contributed by atoms with Crippen molar-refractivity contribution in [2.75, 3.05) is 16.8 Å². The molecule has 1 heterocycles. The van der Waals surface area contributed by atoms with Crippen molar-refractivity contribution in [3.8, 4) is 5.75 Å². The lowest BCUT2D eigenvalue weighted by molar-refractivity contribution is -0.134. The Kier molecular flexibility index (Phi) is 4.21. The summed E-state index contributed by atoms with van der Waals surface area (Å²) in [7, 11) is 0. The number of anilines is 2. The van der Waals surface area contributed by atoms with E-state index < -0.39 is 11.8 Å². The predicted molar refractivity (Wildman–Crippen MR) is 88.9 cm³/mol. The highest BCUT2D eigenvalue weighted by atomic mass is 35.5. The van der Waals surface area contributed by atoms with Gasteiger partial charge < -0.3 is 15.3 Å². The van der Waals surface area contributed by atoms with Crippen LogP contribution in [0.1, 0.15) is 12.0 Å². The van der Waals surface area contributed by atoms with E-state index in [-0.39, 0.29) is 11.4 Å². The van der Waals surface area contributed by atoms with Gasteiger partial charge in [0, 0.05) is 17.3 Å². The van der Waals surface area contributed by atoms with Crippen molar-refractivity contribution < 1.29 is 14.7 Å². The number of nitrogens with one attached hydrogen (secondary N) is 1. The van der Waals surface area contributed by atoms with Crippen molar-refractivity contribution in [2.24, 2.45) is 0 Å². The number of rotatable bonds is 1. The monoisotopic (exact) mass is 330 g/mol. The van der Waals surface area contributed by atoms with Gasteiger partial charge in [-0.25, -0.2) is 0 Å². The minimum atomic E-state index is -0.806. The highest BCUT2D eigenvalue weighted by molar-refractivity contribution is 6.44. The molecule has 0 aromatic heterocycles. The molecule has 6 heteroatoms. The number of phenolic OH excluding ortho intramolecular Hbond substituents is 1. The van der Waals surface area contributed by atoms with Gasteiger partial charge in [0.25, 0.3) is 0 Å². The maximum absolute atomic E-state index is 12.5. The molecule has 5 nitrogen and oxygen atoms in total. The molecule has 3 rings (SSSR count). The third kappa shape index (κ3) is 3.14. The third-order valence-corrected chi connectivity index (χ3v) is 3.99. The lowest BCUT2D eigenvalue weighted by Gasteiger charge is -2.28. The Labute approximate surface area is 138 Å². The highest BCUT2D eigenvalue weighted by Crippen LogP contribution is 2.28. The van der Waals surface area contributed by atoms with Crippen molar-refractivity contribution in [2.45, 2.75) is 12.8 Å². The fraction of sp³-hybridized carbons (Fsp3) is 0.176. The van der Waals surface area contributed by atoms with Crippen molar-refractivity contribution in [1.82, 2.24) is 0 Å². The zero-order valence-corrected chi connectivity index (χ0v) is 13.0. The number of nitrogens with zero attached hydrogens (tertiary/aromatic N) is 1. The van der Waals surface area contributed by atoms with Gasteiger partial charge in [0.1, 0.15) is 5.75 Å². The minimum Gasteiger partial charge on any atom is -0.506 e. The number of carbonyl (C=O) groups excluding carboxylic acids is 2. The molecule has 23 heavy (non-hydrogen) atoms. The fourth-order valence-electron chi connectivity index (χ4n) is 2.65. The van der Waals surface area contributed by atoms with Gasteiger partial charge in [0.05, 0.1) is 5.69 Å². The first kappa shape index (κ1) is 15.4. The average molecular weight is 331 g/mol. The molecule has 0 saturated carbocycles. The maximum atomic E-state index is 12.5. The Bertz CT molecular complexity index is 776. The molecule has 0 bridgehead atoms. The lowest BCUT2D eigenvalue weighted by Crippen LogP contribution is -2.42. The molecule has 2 amide bonds. The number of phenols is 1. The smallest absolute Gasteiger partial charge is 0.316 e. The van der Waals surface area contributed by atoms with Crippen molar-refractivity contribution in [3.05, 3.63) is 53.1 Å². The van der Waals surface area contributed by atoms with Gasteiger partial charge in [-0.05, 0) is 42.7 Å². The van der Waals surface area contributed by atoms with Crippen LogP contribution < -0.4 is 10.2 Å². The number of fused-ring (bicyclic) bond motifs is 1. The van der Waals surface area contributed by atoms with Crippen LogP contribution in [-0.2, 0) is 16.0 Å². The van der Waals surface area contributed by atoms with E-state index in [1.165, 1.54) is 23.1 Å². The Balaban J connectivity index is 1.81. The van der Waals surface area contributed by atoms with Gasteiger partial charge in [-0.15, -0.1) is 0 Å². The SMILES string of the molecule is O=C(Nc1cc(Cl)ccc1O)C(=O)N1CCCc2ccccc21. The lowest BCUT2D eigenvalue weighted by atomic mass is 10.0. The third-order valence-electron chi connectivity index (χ3n) is 3.76. The van der Waals surface area contributed by atoms with Gasteiger partial charge in [0.15, 0.2) is 0 Å². The average Bonchev–Trinajstić information content (AvgIpc) is 2.57. The zero-order chi connectivity index (χ0) is 16.4. The van der Waals surface area contributed by atoms with Gasteiger partial charge in [-0.1, -0.05) is 29.8 Å². The van der Waals surface area contributed by atoms with Crippen LogP contribution in [0.15, 0.2) is 42.5 Å². The summed E-state index contributed by atoms with van der Waals surface area (Å²) in [5.74, 6) is -1.61. The summed E-state index contributed by atoms with van der Waals surface area (Å²) in [5.41, 5.74) is 1.92. The molecule has 0 atom stereocenters. The number of halogens is 1. The van der Waals surface area contributed by atoms with E-state index in [1.807, 2.05) is 24.3 Å². The number of hydrogen-bond donors (Lipinski definition) is 2. The second kappa shape index (κ2) is 6.30. The van der Waals surface area contributed by atoms with E-state index in [0.29, 0.717) is 11.6 Å². The van der Waals surface area contributed by atoms with Crippen LogP contribution in [0.2, 0.25) is 5.02 Å². The van der Waals surface area contributed by atoms with Crippen LogP contribution in [0.25, 0.3) is 0 Å². The molecular formula is C17H15ClN2O3. The van der Waals surface area contributed by atoms with E-state index in [4.69, 9.17) is 11.6 Å². The Morgan fingerprint density at radius 3 is 2.78 bits per heavy atom. The summed E-state index contributed by atoms with van der Waals surface area (Å²) < 4.78 is 0. The van der Waals surface area contributed by atoms with Crippen LogP contribution in [0.5, 0.6) is 5.75 Å². The van der Waals surface area contributed by atoms with Crippen molar-refractivity contribution >= 4 is 34.8 Å². The van der Waals surface area contributed by atoms with Crippen molar-refractivity contribution in [3.63, 3.8) is 0 Å². The summed E-state index contributed by atoms with van der Waals surface area (Å²) in [4.78, 5) is 26.2. The van der Waals surface area contributed by atoms with Crippen LogP contribution >= 0.6 is 11.6 Å². The highest BCUT2D eigenvalue weighted by Gasteiger charge is 2.27. The molecule has 0 unspecified atom stereocenters. The predicted octanol–water partition coefficient (Wildman–Crippen LogP) is 2.96. The summed E-state index contributed by atoms with van der Waals surface area (Å²) in [6.45, 7) is 0.491. The second-order valence-electron chi connectivity index (χ2n) is 5.30. The molecule has 0 radical (unpaired) electrons. The van der Waals surface area contributed by atoms with Crippen LogP contribution in [0.3, 0.4) is 0 Å². The first-order valence-electron chi connectivity index (χ1n) is 7.25. The van der Waals surface area contributed by atoms with Crippen LogP contribution in [0, 0.1) is 0 Å². The fourth-order valence-corrected chi connectivity index (χ4v) is 2.82. The largest absolute Gasteiger partial charge is 0.506 e. The number of carbonyl (C=O) groups is 2. The molecule has 0 spiro atoms. The molecule has 118 valence electrons. The second-order valence-corrected chi connectivity index (χ2v) is 5.74. The van der Waals surface area contributed by atoms with Crippen molar-refractivity contribution in [1.29, 1.82) is 0 Å². The molecule has 2 N–H and O–H groups in total. The Morgan fingerprint density at radius 1 is 1.17 bits per heavy atom. The normalized spacial score (nSPS) is 13.3. The standard InChI is InChI=1S/C17H15ClN2O3/c18-12-7-8-15(21)13(10-12)19-16(22)17(23)20-9-3-5-11-4-1-2-6-14(11)20/h1-2,4,6-8,10,21H,3,5,9H2,(H,19,22). The van der Waals surface area contributed by atoms with Gasteiger partial charge in [-0.2, -0.15) is 0 Å². The Hall–Kier alpha value is -2.53. The molecule has 1 aliphatic rings. The quantitative estimate of drug-likeness (QED) is 0.624. The molecule has 0 saturated heterocycles. The summed E-state index contributed by atoms with van der Waals surface area (Å²) in [6, 6.07) is 11.8. The van der Waals surface area contributed by atoms with E-state index in [2.05, 4.69) is 5.32 Å². The summed E-state index contributed by atoms with van der Waals surface area (Å²) in [6.07, 6.45) is 1.69. The first-order chi connectivity index (χ1) is 11.1. The Morgan fingerprint density at radius 2 is 1.96 bits per heavy atom. The number of aryl methyl sites for hydroxylation is 1. The van der Waals surface area contributed by atoms with Crippen LogP contribution in [0.4, 0.5) is 11.4 Å². The van der Waals surface area contributed by atoms with E-state index in [0.717, 1.165) is 24.1 Å². The number of para-hydroxylation sites is 1. The molecular weight excluding hydrogens is 316 g/mol. The van der Waals surface area contributed by atoms with E-state index >= 15 is 0 Å².